The summed E-state index contributed by atoms with van der Waals surface area (Å²) in [5.74, 6) is -0.828. The highest BCUT2D eigenvalue weighted by atomic mass is 32.2. The molecule has 2 aromatic rings. The zero-order valence-electron chi connectivity index (χ0n) is 13.6. The number of carbonyl (C=O) groups excluding carboxylic acids is 1. The first kappa shape index (κ1) is 18.1. The van der Waals surface area contributed by atoms with Crippen molar-refractivity contribution >= 4 is 21.6 Å². The van der Waals surface area contributed by atoms with Gasteiger partial charge < -0.3 is 5.32 Å². The Morgan fingerprint density at radius 1 is 0.958 bits per heavy atom. The van der Waals surface area contributed by atoms with Gasteiger partial charge in [-0.1, -0.05) is 0 Å². The quantitative estimate of drug-likeness (QED) is 0.889. The van der Waals surface area contributed by atoms with Crippen LogP contribution in [0.3, 0.4) is 0 Å². The summed E-state index contributed by atoms with van der Waals surface area (Å²) < 4.78 is 39.8. The lowest BCUT2D eigenvalue weighted by molar-refractivity contribution is 0.102. The minimum absolute atomic E-state index is 0.109. The van der Waals surface area contributed by atoms with E-state index in [1.54, 1.807) is 20.8 Å². The van der Waals surface area contributed by atoms with Gasteiger partial charge in [-0.15, -0.1) is 0 Å². The zero-order valence-corrected chi connectivity index (χ0v) is 14.4. The summed E-state index contributed by atoms with van der Waals surface area (Å²) in [5.41, 5.74) is 0.162. The Kier molecular flexibility index (Phi) is 5.05. The van der Waals surface area contributed by atoms with Gasteiger partial charge in [-0.3, -0.25) is 4.79 Å². The number of anilines is 1. The summed E-state index contributed by atoms with van der Waals surface area (Å²) in [6, 6.07) is 11.0. The van der Waals surface area contributed by atoms with Crippen LogP contribution < -0.4 is 10.0 Å². The van der Waals surface area contributed by atoms with Crippen LogP contribution >= 0.6 is 0 Å². The molecule has 1 amide bonds. The van der Waals surface area contributed by atoms with Gasteiger partial charge in [-0.05, 0) is 69.3 Å². The van der Waals surface area contributed by atoms with E-state index in [-0.39, 0.29) is 4.90 Å². The Morgan fingerprint density at radius 2 is 1.50 bits per heavy atom. The first-order valence-corrected chi connectivity index (χ1v) is 8.76. The number of hydrogen-bond donors (Lipinski definition) is 2. The van der Waals surface area contributed by atoms with Gasteiger partial charge in [0.1, 0.15) is 5.82 Å². The molecular weight excluding hydrogens is 331 g/mol. The maximum absolute atomic E-state index is 12.9. The third-order valence-corrected chi connectivity index (χ3v) is 4.74. The second-order valence-corrected chi connectivity index (χ2v) is 8.02. The van der Waals surface area contributed by atoms with Crippen molar-refractivity contribution in [2.24, 2.45) is 0 Å². The number of benzene rings is 2. The van der Waals surface area contributed by atoms with Crippen LogP contribution in [-0.2, 0) is 10.0 Å². The van der Waals surface area contributed by atoms with Gasteiger partial charge in [0, 0.05) is 16.8 Å². The molecule has 0 aliphatic carbocycles. The highest BCUT2D eigenvalue weighted by Gasteiger charge is 2.21. The molecule has 0 unspecified atom stereocenters. The summed E-state index contributed by atoms with van der Waals surface area (Å²) in [6.45, 7) is 5.26. The van der Waals surface area contributed by atoms with Crippen LogP contribution in [0.15, 0.2) is 53.4 Å². The number of nitrogens with one attached hydrogen (secondary N) is 2. The van der Waals surface area contributed by atoms with E-state index in [0.29, 0.717) is 11.3 Å². The van der Waals surface area contributed by atoms with Gasteiger partial charge >= 0.3 is 0 Å². The lowest BCUT2D eigenvalue weighted by atomic mass is 10.1. The Hall–Kier alpha value is -2.25. The molecule has 0 aliphatic rings. The summed E-state index contributed by atoms with van der Waals surface area (Å²) in [7, 11) is -3.62. The molecule has 0 saturated carbocycles. The SMILES string of the molecule is CC(C)(C)NS(=O)(=O)c1ccc(NC(=O)c2ccc(F)cc2)cc1. The average molecular weight is 350 g/mol. The number of rotatable bonds is 4. The average Bonchev–Trinajstić information content (AvgIpc) is 2.46. The Morgan fingerprint density at radius 3 is 2.00 bits per heavy atom. The number of sulfonamides is 1. The van der Waals surface area contributed by atoms with E-state index in [1.165, 1.54) is 48.5 Å². The molecule has 24 heavy (non-hydrogen) atoms. The normalized spacial score (nSPS) is 12.0. The van der Waals surface area contributed by atoms with E-state index >= 15 is 0 Å². The molecule has 2 aromatic carbocycles. The fourth-order valence-electron chi connectivity index (χ4n) is 1.98. The Bertz CT molecular complexity index is 824. The van der Waals surface area contributed by atoms with Crippen LogP contribution in [0, 0.1) is 5.82 Å². The first-order chi connectivity index (χ1) is 11.1. The monoisotopic (exact) mass is 350 g/mol. The Balaban J connectivity index is 2.12. The van der Waals surface area contributed by atoms with Crippen molar-refractivity contribution in [3.05, 3.63) is 59.9 Å². The van der Waals surface area contributed by atoms with Crippen molar-refractivity contribution in [2.45, 2.75) is 31.2 Å². The summed E-state index contributed by atoms with van der Waals surface area (Å²) in [5, 5.41) is 2.63. The third kappa shape index (κ3) is 4.87. The number of hydrogen-bond acceptors (Lipinski definition) is 3. The molecule has 0 aromatic heterocycles. The molecule has 0 aliphatic heterocycles. The van der Waals surface area contributed by atoms with Crippen molar-refractivity contribution in [3.8, 4) is 0 Å². The lowest BCUT2D eigenvalue weighted by Crippen LogP contribution is -2.40. The van der Waals surface area contributed by atoms with Crippen LogP contribution in [0.4, 0.5) is 10.1 Å². The molecule has 0 bridgehead atoms. The number of carbonyl (C=O) groups is 1. The number of halogens is 1. The number of amides is 1. The molecule has 2 rings (SSSR count). The zero-order chi connectivity index (χ0) is 18.0. The molecule has 0 atom stereocenters. The van der Waals surface area contributed by atoms with E-state index in [9.17, 15) is 17.6 Å². The minimum Gasteiger partial charge on any atom is -0.322 e. The first-order valence-electron chi connectivity index (χ1n) is 7.28. The topological polar surface area (TPSA) is 75.3 Å². The van der Waals surface area contributed by atoms with E-state index in [1.807, 2.05) is 0 Å². The highest BCUT2D eigenvalue weighted by Crippen LogP contribution is 2.17. The molecule has 0 saturated heterocycles. The molecule has 7 heteroatoms. The fourth-order valence-corrected chi connectivity index (χ4v) is 3.40. The van der Waals surface area contributed by atoms with Crippen LogP contribution in [-0.4, -0.2) is 19.9 Å². The second-order valence-electron chi connectivity index (χ2n) is 6.34. The van der Waals surface area contributed by atoms with Crippen LogP contribution in [0.25, 0.3) is 0 Å². The third-order valence-electron chi connectivity index (χ3n) is 2.97. The molecule has 0 radical (unpaired) electrons. The van der Waals surface area contributed by atoms with E-state index < -0.39 is 27.3 Å². The van der Waals surface area contributed by atoms with Gasteiger partial charge in [0.25, 0.3) is 5.91 Å². The summed E-state index contributed by atoms with van der Waals surface area (Å²) in [4.78, 5) is 12.1. The summed E-state index contributed by atoms with van der Waals surface area (Å²) in [6.07, 6.45) is 0. The van der Waals surface area contributed by atoms with Gasteiger partial charge in [0.2, 0.25) is 10.0 Å². The molecule has 0 heterocycles. The molecule has 2 N–H and O–H groups in total. The van der Waals surface area contributed by atoms with Gasteiger partial charge in [0.05, 0.1) is 4.90 Å². The lowest BCUT2D eigenvalue weighted by Gasteiger charge is -2.20. The second kappa shape index (κ2) is 6.70. The van der Waals surface area contributed by atoms with Gasteiger partial charge in [0.15, 0.2) is 0 Å². The van der Waals surface area contributed by atoms with E-state index in [4.69, 9.17) is 0 Å². The maximum atomic E-state index is 12.9. The van der Waals surface area contributed by atoms with Crippen molar-refractivity contribution in [2.75, 3.05) is 5.32 Å². The smallest absolute Gasteiger partial charge is 0.255 e. The molecular formula is C17H19FN2O3S. The van der Waals surface area contributed by atoms with Crippen molar-refractivity contribution in [3.63, 3.8) is 0 Å². The van der Waals surface area contributed by atoms with Crippen molar-refractivity contribution in [1.82, 2.24) is 4.72 Å². The fraction of sp³-hybridized carbons (Fsp3) is 0.235. The predicted molar refractivity (Wildman–Crippen MR) is 90.9 cm³/mol. The van der Waals surface area contributed by atoms with Crippen molar-refractivity contribution < 1.29 is 17.6 Å². The van der Waals surface area contributed by atoms with E-state index in [2.05, 4.69) is 10.0 Å². The molecule has 0 spiro atoms. The molecule has 128 valence electrons. The standard InChI is InChI=1S/C17H19FN2O3S/c1-17(2,3)20-24(22,23)15-10-8-14(9-11-15)19-16(21)12-4-6-13(18)7-5-12/h4-11,20H,1-3H3,(H,19,21). The molecule has 0 fully saturated rings. The largest absolute Gasteiger partial charge is 0.322 e. The highest BCUT2D eigenvalue weighted by molar-refractivity contribution is 7.89. The van der Waals surface area contributed by atoms with Crippen LogP contribution in [0.5, 0.6) is 0 Å². The van der Waals surface area contributed by atoms with Crippen molar-refractivity contribution in [1.29, 1.82) is 0 Å². The minimum atomic E-state index is -3.62. The van der Waals surface area contributed by atoms with E-state index in [0.717, 1.165) is 0 Å². The van der Waals surface area contributed by atoms with Gasteiger partial charge in [-0.25, -0.2) is 17.5 Å². The van der Waals surface area contributed by atoms with Gasteiger partial charge in [-0.2, -0.15) is 0 Å². The van der Waals surface area contributed by atoms with Crippen LogP contribution in [0.2, 0.25) is 0 Å². The maximum Gasteiger partial charge on any atom is 0.255 e. The Labute approximate surface area is 141 Å². The predicted octanol–water partition coefficient (Wildman–Crippen LogP) is 3.15. The summed E-state index contributed by atoms with van der Waals surface area (Å²) >= 11 is 0. The van der Waals surface area contributed by atoms with Crippen LogP contribution in [0.1, 0.15) is 31.1 Å². The molecule has 5 nitrogen and oxygen atoms in total.